The minimum atomic E-state index is 0.461. The SMILES string of the molecule is CCC(C)NCCNCC1CCCCO1. The summed E-state index contributed by atoms with van der Waals surface area (Å²) in [5.74, 6) is 0. The Morgan fingerprint density at radius 1 is 1.33 bits per heavy atom. The molecular weight excluding hydrogens is 188 g/mol. The van der Waals surface area contributed by atoms with E-state index in [1.54, 1.807) is 0 Å². The number of hydrogen-bond acceptors (Lipinski definition) is 3. The maximum atomic E-state index is 5.64. The van der Waals surface area contributed by atoms with Crippen molar-refractivity contribution >= 4 is 0 Å². The van der Waals surface area contributed by atoms with E-state index in [-0.39, 0.29) is 0 Å². The molecule has 0 radical (unpaired) electrons. The third-order valence-electron chi connectivity index (χ3n) is 3.05. The lowest BCUT2D eigenvalue weighted by Gasteiger charge is -2.23. The lowest BCUT2D eigenvalue weighted by atomic mass is 10.1. The van der Waals surface area contributed by atoms with Gasteiger partial charge in [-0.25, -0.2) is 0 Å². The highest BCUT2D eigenvalue weighted by molar-refractivity contribution is 4.67. The van der Waals surface area contributed by atoms with Crippen LogP contribution in [0.1, 0.15) is 39.5 Å². The Hall–Kier alpha value is -0.120. The minimum Gasteiger partial charge on any atom is -0.377 e. The Kier molecular flexibility index (Phi) is 6.98. The molecule has 0 aliphatic carbocycles. The Morgan fingerprint density at radius 3 is 2.87 bits per heavy atom. The second-order valence-electron chi connectivity index (χ2n) is 4.46. The Labute approximate surface area is 94.0 Å². The minimum absolute atomic E-state index is 0.461. The van der Waals surface area contributed by atoms with Crippen molar-refractivity contribution in [2.75, 3.05) is 26.2 Å². The molecule has 1 rings (SSSR count). The summed E-state index contributed by atoms with van der Waals surface area (Å²) in [6.45, 7) is 8.51. The first-order chi connectivity index (χ1) is 7.33. The highest BCUT2D eigenvalue weighted by atomic mass is 16.5. The number of nitrogens with one attached hydrogen (secondary N) is 2. The second kappa shape index (κ2) is 8.08. The Balaban J connectivity index is 1.87. The summed E-state index contributed by atoms with van der Waals surface area (Å²) < 4.78 is 5.64. The quantitative estimate of drug-likeness (QED) is 0.631. The van der Waals surface area contributed by atoms with Crippen LogP contribution in [0.4, 0.5) is 0 Å². The van der Waals surface area contributed by atoms with Crippen LogP contribution in [-0.4, -0.2) is 38.4 Å². The van der Waals surface area contributed by atoms with Crippen molar-refractivity contribution in [2.45, 2.75) is 51.7 Å². The Bertz CT molecular complexity index is 147. The van der Waals surface area contributed by atoms with Crippen LogP contribution >= 0.6 is 0 Å². The van der Waals surface area contributed by atoms with Crippen LogP contribution in [0.2, 0.25) is 0 Å². The van der Waals surface area contributed by atoms with E-state index >= 15 is 0 Å². The van der Waals surface area contributed by atoms with Gasteiger partial charge in [-0.3, -0.25) is 0 Å². The van der Waals surface area contributed by atoms with Gasteiger partial charge in [-0.15, -0.1) is 0 Å². The van der Waals surface area contributed by atoms with Crippen molar-refractivity contribution in [3.8, 4) is 0 Å². The zero-order valence-electron chi connectivity index (χ0n) is 10.2. The molecule has 1 heterocycles. The van der Waals surface area contributed by atoms with E-state index < -0.39 is 0 Å². The zero-order valence-corrected chi connectivity index (χ0v) is 10.2. The molecule has 2 N–H and O–H groups in total. The van der Waals surface area contributed by atoms with Crippen molar-refractivity contribution in [2.24, 2.45) is 0 Å². The summed E-state index contributed by atoms with van der Waals surface area (Å²) >= 11 is 0. The maximum absolute atomic E-state index is 5.64. The van der Waals surface area contributed by atoms with Gasteiger partial charge in [-0.2, -0.15) is 0 Å². The molecule has 15 heavy (non-hydrogen) atoms. The van der Waals surface area contributed by atoms with Crippen LogP contribution in [-0.2, 0) is 4.74 Å². The van der Waals surface area contributed by atoms with Crippen molar-refractivity contribution in [1.29, 1.82) is 0 Å². The average Bonchev–Trinajstić information content (AvgIpc) is 2.29. The number of hydrogen-bond donors (Lipinski definition) is 2. The third kappa shape index (κ3) is 6.13. The van der Waals surface area contributed by atoms with Crippen LogP contribution in [0.15, 0.2) is 0 Å². The lowest BCUT2D eigenvalue weighted by molar-refractivity contribution is 0.0171. The normalized spacial score (nSPS) is 24.0. The number of rotatable bonds is 7. The van der Waals surface area contributed by atoms with Crippen LogP contribution in [0.25, 0.3) is 0 Å². The van der Waals surface area contributed by atoms with Crippen LogP contribution in [0.3, 0.4) is 0 Å². The van der Waals surface area contributed by atoms with E-state index in [2.05, 4.69) is 24.5 Å². The van der Waals surface area contributed by atoms with Crippen molar-refractivity contribution < 1.29 is 4.74 Å². The molecule has 2 atom stereocenters. The van der Waals surface area contributed by atoms with E-state index in [0.29, 0.717) is 12.1 Å². The fourth-order valence-corrected chi connectivity index (χ4v) is 1.78. The van der Waals surface area contributed by atoms with E-state index in [1.807, 2.05) is 0 Å². The van der Waals surface area contributed by atoms with Crippen LogP contribution in [0.5, 0.6) is 0 Å². The van der Waals surface area contributed by atoms with Crippen molar-refractivity contribution in [3.05, 3.63) is 0 Å². The molecule has 0 aromatic carbocycles. The fourth-order valence-electron chi connectivity index (χ4n) is 1.78. The molecule has 1 fully saturated rings. The smallest absolute Gasteiger partial charge is 0.0699 e. The molecular formula is C12H26N2O. The van der Waals surface area contributed by atoms with E-state index in [9.17, 15) is 0 Å². The number of ether oxygens (including phenoxy) is 1. The molecule has 1 saturated heterocycles. The fraction of sp³-hybridized carbons (Fsp3) is 1.00. The first-order valence-electron chi connectivity index (χ1n) is 6.38. The summed E-state index contributed by atoms with van der Waals surface area (Å²) in [4.78, 5) is 0. The summed E-state index contributed by atoms with van der Waals surface area (Å²) in [5, 5.41) is 6.91. The summed E-state index contributed by atoms with van der Waals surface area (Å²) in [7, 11) is 0. The Morgan fingerprint density at radius 2 is 2.20 bits per heavy atom. The summed E-state index contributed by atoms with van der Waals surface area (Å²) in [6, 6.07) is 0.637. The zero-order chi connectivity index (χ0) is 10.9. The van der Waals surface area contributed by atoms with Gasteiger partial charge in [-0.1, -0.05) is 6.92 Å². The summed E-state index contributed by atoms with van der Waals surface area (Å²) in [6.07, 6.45) is 5.46. The molecule has 90 valence electrons. The van der Waals surface area contributed by atoms with Crippen LogP contribution < -0.4 is 10.6 Å². The molecule has 0 aromatic rings. The highest BCUT2D eigenvalue weighted by Crippen LogP contribution is 2.11. The molecule has 1 aliphatic rings. The standard InChI is InChI=1S/C12H26N2O/c1-3-11(2)14-8-7-13-10-12-6-4-5-9-15-12/h11-14H,3-10H2,1-2H3. The first kappa shape index (κ1) is 12.9. The molecule has 0 aromatic heterocycles. The molecule has 3 heteroatoms. The maximum Gasteiger partial charge on any atom is 0.0699 e. The molecule has 0 bridgehead atoms. The predicted molar refractivity (Wildman–Crippen MR) is 64.2 cm³/mol. The van der Waals surface area contributed by atoms with E-state index in [4.69, 9.17) is 4.74 Å². The molecule has 0 amide bonds. The second-order valence-corrected chi connectivity index (χ2v) is 4.46. The first-order valence-corrected chi connectivity index (χ1v) is 6.38. The van der Waals surface area contributed by atoms with Gasteiger partial charge in [-0.05, 0) is 32.6 Å². The third-order valence-corrected chi connectivity index (χ3v) is 3.05. The molecule has 3 nitrogen and oxygen atoms in total. The van der Waals surface area contributed by atoms with Gasteiger partial charge >= 0.3 is 0 Å². The van der Waals surface area contributed by atoms with E-state index in [1.165, 1.54) is 25.7 Å². The summed E-state index contributed by atoms with van der Waals surface area (Å²) in [5.41, 5.74) is 0. The topological polar surface area (TPSA) is 33.3 Å². The van der Waals surface area contributed by atoms with E-state index in [0.717, 1.165) is 26.2 Å². The van der Waals surface area contributed by atoms with Gasteiger partial charge in [0.15, 0.2) is 0 Å². The van der Waals surface area contributed by atoms with Crippen molar-refractivity contribution in [3.63, 3.8) is 0 Å². The van der Waals surface area contributed by atoms with Crippen LogP contribution in [0, 0.1) is 0 Å². The van der Waals surface area contributed by atoms with Gasteiger partial charge in [0, 0.05) is 32.3 Å². The van der Waals surface area contributed by atoms with Gasteiger partial charge in [0.1, 0.15) is 0 Å². The highest BCUT2D eigenvalue weighted by Gasteiger charge is 2.12. The average molecular weight is 214 g/mol. The molecule has 0 spiro atoms. The monoisotopic (exact) mass is 214 g/mol. The van der Waals surface area contributed by atoms with Gasteiger partial charge in [0.05, 0.1) is 6.10 Å². The molecule has 1 aliphatic heterocycles. The molecule has 0 saturated carbocycles. The van der Waals surface area contributed by atoms with Crippen molar-refractivity contribution in [1.82, 2.24) is 10.6 Å². The van der Waals surface area contributed by atoms with Gasteiger partial charge < -0.3 is 15.4 Å². The largest absolute Gasteiger partial charge is 0.377 e. The molecule has 2 unspecified atom stereocenters. The predicted octanol–water partition coefficient (Wildman–Crippen LogP) is 1.53. The van der Waals surface area contributed by atoms with Gasteiger partial charge in [0.25, 0.3) is 0 Å². The lowest BCUT2D eigenvalue weighted by Crippen LogP contribution is -2.37. The van der Waals surface area contributed by atoms with Gasteiger partial charge in [0.2, 0.25) is 0 Å².